The van der Waals surface area contributed by atoms with E-state index in [0.717, 1.165) is 6.54 Å². The van der Waals surface area contributed by atoms with Crippen molar-refractivity contribution in [2.45, 2.75) is 19.3 Å². The van der Waals surface area contributed by atoms with E-state index >= 15 is 0 Å². The fraction of sp³-hybridized carbons (Fsp3) is 0.357. The molecule has 2 nitrogen and oxygen atoms in total. The molecule has 0 aliphatic rings. The van der Waals surface area contributed by atoms with Crippen molar-refractivity contribution < 1.29 is 4.79 Å². The van der Waals surface area contributed by atoms with Crippen molar-refractivity contribution in [2.24, 2.45) is 0 Å². The van der Waals surface area contributed by atoms with E-state index in [4.69, 9.17) is 0 Å². The average Bonchev–Trinajstić information content (AvgIpc) is 2.30. The van der Waals surface area contributed by atoms with Gasteiger partial charge < -0.3 is 4.90 Å². The highest BCUT2D eigenvalue weighted by molar-refractivity contribution is 5.77. The van der Waals surface area contributed by atoms with Gasteiger partial charge in [-0.15, -0.1) is 6.58 Å². The van der Waals surface area contributed by atoms with Crippen LogP contribution in [-0.2, 0) is 4.79 Å². The van der Waals surface area contributed by atoms with E-state index in [1.54, 1.807) is 11.0 Å². The van der Waals surface area contributed by atoms with Gasteiger partial charge in [-0.1, -0.05) is 43.3 Å². The van der Waals surface area contributed by atoms with Crippen molar-refractivity contribution in [1.82, 2.24) is 4.90 Å². The molecule has 0 heterocycles. The normalized spacial score (nSPS) is 11.9. The number of benzene rings is 1. The Morgan fingerprint density at radius 3 is 2.62 bits per heavy atom. The Morgan fingerprint density at radius 1 is 1.44 bits per heavy atom. The third-order valence-corrected chi connectivity index (χ3v) is 2.66. The number of carbonyl (C=O) groups excluding carboxylic acids is 1. The lowest BCUT2D eigenvalue weighted by Crippen LogP contribution is -2.29. The summed E-state index contributed by atoms with van der Waals surface area (Å²) < 4.78 is 0. The highest BCUT2D eigenvalue weighted by Gasteiger charge is 2.12. The maximum Gasteiger partial charge on any atom is 0.226 e. The first-order chi connectivity index (χ1) is 7.65. The topological polar surface area (TPSA) is 20.3 Å². The first kappa shape index (κ1) is 12.5. The van der Waals surface area contributed by atoms with Crippen molar-refractivity contribution in [3.05, 3.63) is 48.6 Å². The highest BCUT2D eigenvalue weighted by atomic mass is 16.2. The van der Waals surface area contributed by atoms with E-state index < -0.39 is 0 Å². The van der Waals surface area contributed by atoms with E-state index in [2.05, 4.69) is 25.6 Å². The minimum Gasteiger partial charge on any atom is -0.345 e. The SMILES string of the molecule is C=CCC(=O)N(C)CC(C)c1ccccc1. The minimum absolute atomic E-state index is 0.123. The molecule has 1 rings (SSSR count). The third-order valence-electron chi connectivity index (χ3n) is 2.66. The summed E-state index contributed by atoms with van der Waals surface area (Å²) in [5.41, 5.74) is 1.26. The molecule has 0 saturated carbocycles. The predicted octanol–water partition coefficient (Wildman–Crippen LogP) is 2.82. The van der Waals surface area contributed by atoms with Crippen LogP contribution in [0.4, 0.5) is 0 Å². The van der Waals surface area contributed by atoms with Gasteiger partial charge in [0.1, 0.15) is 0 Å². The van der Waals surface area contributed by atoms with Crippen molar-refractivity contribution in [3.63, 3.8) is 0 Å². The smallest absolute Gasteiger partial charge is 0.226 e. The summed E-state index contributed by atoms with van der Waals surface area (Å²) in [5.74, 6) is 0.484. The van der Waals surface area contributed by atoms with E-state index in [1.165, 1.54) is 5.56 Å². The van der Waals surface area contributed by atoms with Crippen LogP contribution in [0.15, 0.2) is 43.0 Å². The quantitative estimate of drug-likeness (QED) is 0.694. The van der Waals surface area contributed by atoms with Crippen LogP contribution in [0.25, 0.3) is 0 Å². The molecule has 1 amide bonds. The van der Waals surface area contributed by atoms with Crippen molar-refractivity contribution in [3.8, 4) is 0 Å². The second-order valence-corrected chi connectivity index (χ2v) is 4.08. The average molecular weight is 217 g/mol. The van der Waals surface area contributed by atoms with Crippen LogP contribution in [-0.4, -0.2) is 24.4 Å². The lowest BCUT2D eigenvalue weighted by atomic mass is 10.0. The molecule has 0 aliphatic heterocycles. The number of hydrogen-bond donors (Lipinski definition) is 0. The summed E-state index contributed by atoms with van der Waals surface area (Å²) in [6, 6.07) is 10.2. The number of rotatable bonds is 5. The largest absolute Gasteiger partial charge is 0.345 e. The predicted molar refractivity (Wildman–Crippen MR) is 67.3 cm³/mol. The molecule has 0 aliphatic carbocycles. The molecule has 0 aromatic heterocycles. The molecule has 0 saturated heterocycles. The van der Waals surface area contributed by atoms with Crippen LogP contribution in [0.5, 0.6) is 0 Å². The van der Waals surface area contributed by atoms with Crippen molar-refractivity contribution in [2.75, 3.05) is 13.6 Å². The molecular weight excluding hydrogens is 198 g/mol. The van der Waals surface area contributed by atoms with Gasteiger partial charge >= 0.3 is 0 Å². The number of hydrogen-bond acceptors (Lipinski definition) is 1. The zero-order valence-electron chi connectivity index (χ0n) is 10.0. The third kappa shape index (κ3) is 3.54. The molecule has 1 aromatic carbocycles. The van der Waals surface area contributed by atoms with Gasteiger partial charge in [0.15, 0.2) is 0 Å². The van der Waals surface area contributed by atoms with E-state index in [-0.39, 0.29) is 5.91 Å². The molecule has 86 valence electrons. The van der Waals surface area contributed by atoms with Gasteiger partial charge in [0, 0.05) is 20.0 Å². The Balaban J connectivity index is 2.54. The van der Waals surface area contributed by atoms with Gasteiger partial charge in [0.2, 0.25) is 5.91 Å². The first-order valence-electron chi connectivity index (χ1n) is 5.55. The highest BCUT2D eigenvalue weighted by Crippen LogP contribution is 2.15. The molecule has 0 fully saturated rings. The molecule has 0 bridgehead atoms. The van der Waals surface area contributed by atoms with E-state index in [0.29, 0.717) is 12.3 Å². The summed E-state index contributed by atoms with van der Waals surface area (Å²) in [7, 11) is 1.84. The van der Waals surface area contributed by atoms with E-state index in [9.17, 15) is 4.79 Å². The number of likely N-dealkylation sites (N-methyl/N-ethyl adjacent to an activating group) is 1. The molecule has 1 unspecified atom stereocenters. The van der Waals surface area contributed by atoms with Gasteiger partial charge in [-0.25, -0.2) is 0 Å². The molecule has 16 heavy (non-hydrogen) atoms. The standard InChI is InChI=1S/C14H19NO/c1-4-8-14(16)15(3)11-12(2)13-9-6-5-7-10-13/h4-7,9-10,12H,1,8,11H2,2-3H3. The lowest BCUT2D eigenvalue weighted by Gasteiger charge is -2.21. The Morgan fingerprint density at radius 2 is 2.06 bits per heavy atom. The van der Waals surface area contributed by atoms with Crippen LogP contribution in [0, 0.1) is 0 Å². The van der Waals surface area contributed by atoms with Crippen LogP contribution in [0.1, 0.15) is 24.8 Å². The summed E-state index contributed by atoms with van der Waals surface area (Å²) in [6.45, 7) is 6.45. The second-order valence-electron chi connectivity index (χ2n) is 4.08. The Hall–Kier alpha value is -1.57. The van der Waals surface area contributed by atoms with Crippen LogP contribution in [0.2, 0.25) is 0 Å². The summed E-state index contributed by atoms with van der Waals surface area (Å²) >= 11 is 0. The Bertz CT molecular complexity index is 345. The fourth-order valence-corrected chi connectivity index (χ4v) is 1.68. The molecular formula is C14H19NO. The monoisotopic (exact) mass is 217 g/mol. The molecule has 1 aromatic rings. The van der Waals surface area contributed by atoms with Crippen molar-refractivity contribution in [1.29, 1.82) is 0 Å². The maximum atomic E-state index is 11.6. The van der Waals surface area contributed by atoms with Gasteiger partial charge in [-0.2, -0.15) is 0 Å². The summed E-state index contributed by atoms with van der Waals surface area (Å²) in [5, 5.41) is 0. The second kappa shape index (κ2) is 6.11. The molecule has 0 radical (unpaired) electrons. The number of amides is 1. The summed E-state index contributed by atoms with van der Waals surface area (Å²) in [6.07, 6.45) is 2.06. The van der Waals surface area contributed by atoms with Crippen LogP contribution < -0.4 is 0 Å². The first-order valence-corrected chi connectivity index (χ1v) is 5.55. The minimum atomic E-state index is 0.123. The Labute approximate surface area is 97.6 Å². The van der Waals surface area contributed by atoms with Crippen LogP contribution >= 0.6 is 0 Å². The molecule has 0 N–H and O–H groups in total. The fourth-order valence-electron chi connectivity index (χ4n) is 1.68. The van der Waals surface area contributed by atoms with Gasteiger partial charge in [-0.3, -0.25) is 4.79 Å². The molecule has 1 atom stereocenters. The zero-order chi connectivity index (χ0) is 12.0. The number of carbonyl (C=O) groups is 1. The summed E-state index contributed by atoms with van der Waals surface area (Å²) in [4.78, 5) is 13.3. The van der Waals surface area contributed by atoms with Crippen molar-refractivity contribution >= 4 is 5.91 Å². The van der Waals surface area contributed by atoms with E-state index in [1.807, 2.05) is 25.2 Å². The van der Waals surface area contributed by atoms with Gasteiger partial charge in [0.25, 0.3) is 0 Å². The van der Waals surface area contributed by atoms with Gasteiger partial charge in [0.05, 0.1) is 0 Å². The Kier molecular flexibility index (Phi) is 4.77. The molecule has 0 spiro atoms. The lowest BCUT2D eigenvalue weighted by molar-refractivity contribution is -0.129. The van der Waals surface area contributed by atoms with Crippen LogP contribution in [0.3, 0.4) is 0 Å². The molecule has 2 heteroatoms. The van der Waals surface area contributed by atoms with Gasteiger partial charge in [-0.05, 0) is 11.5 Å². The maximum absolute atomic E-state index is 11.6. The number of nitrogens with zero attached hydrogens (tertiary/aromatic N) is 1. The zero-order valence-corrected chi connectivity index (χ0v) is 10.0.